The Bertz CT molecular complexity index is 872. The van der Waals surface area contributed by atoms with E-state index in [0.717, 1.165) is 37.6 Å². The minimum Gasteiger partial charge on any atom is -0.378 e. The molecule has 0 unspecified atom stereocenters. The molecule has 0 atom stereocenters. The lowest BCUT2D eigenvalue weighted by atomic mass is 10.1. The molecular weight excluding hydrogens is 385 g/mol. The lowest BCUT2D eigenvalue weighted by Gasteiger charge is -2.35. The molecule has 0 bridgehead atoms. The van der Waals surface area contributed by atoms with Gasteiger partial charge in [-0.2, -0.15) is 0 Å². The molecule has 0 N–H and O–H groups in total. The van der Waals surface area contributed by atoms with Gasteiger partial charge in [-0.25, -0.2) is 4.39 Å². The second kappa shape index (κ2) is 9.26. The van der Waals surface area contributed by atoms with Gasteiger partial charge in [-0.15, -0.1) is 0 Å². The van der Waals surface area contributed by atoms with E-state index in [9.17, 15) is 14.0 Å². The Kier molecular flexibility index (Phi) is 6.28. The first-order valence-corrected chi connectivity index (χ1v) is 10.3. The molecule has 2 heterocycles. The SMILES string of the molecule is O=C(Cc1ccc(F)cc1)N1CCN(C(=O)c2ccc(N3CCOCC3)cc2)CC1. The highest BCUT2D eigenvalue weighted by molar-refractivity contribution is 5.94. The molecule has 0 saturated carbocycles. The molecule has 2 aliphatic rings. The number of morpholine rings is 1. The van der Waals surface area contributed by atoms with Crippen molar-refractivity contribution < 1.29 is 18.7 Å². The summed E-state index contributed by atoms with van der Waals surface area (Å²) >= 11 is 0. The summed E-state index contributed by atoms with van der Waals surface area (Å²) in [6, 6.07) is 13.7. The van der Waals surface area contributed by atoms with Crippen LogP contribution in [0, 0.1) is 5.82 Å². The molecule has 7 heteroatoms. The summed E-state index contributed by atoms with van der Waals surface area (Å²) in [6.07, 6.45) is 0.247. The van der Waals surface area contributed by atoms with Gasteiger partial charge in [0.2, 0.25) is 5.91 Å². The number of carbonyl (C=O) groups is 2. The predicted molar refractivity (Wildman–Crippen MR) is 112 cm³/mol. The van der Waals surface area contributed by atoms with Crippen molar-refractivity contribution in [2.75, 3.05) is 57.4 Å². The van der Waals surface area contributed by atoms with E-state index in [1.807, 2.05) is 24.3 Å². The number of hydrogen-bond acceptors (Lipinski definition) is 4. The van der Waals surface area contributed by atoms with Crippen LogP contribution in [0.25, 0.3) is 0 Å². The normalized spacial score (nSPS) is 17.2. The molecule has 2 fully saturated rings. The minimum absolute atomic E-state index is 0.00331. The van der Waals surface area contributed by atoms with Crippen molar-refractivity contribution in [2.24, 2.45) is 0 Å². The van der Waals surface area contributed by atoms with Crippen LogP contribution in [-0.4, -0.2) is 74.1 Å². The Morgan fingerprint density at radius 1 is 0.800 bits per heavy atom. The number of carbonyl (C=O) groups excluding carboxylic acids is 2. The quantitative estimate of drug-likeness (QED) is 0.774. The van der Waals surface area contributed by atoms with Gasteiger partial charge in [-0.3, -0.25) is 9.59 Å². The van der Waals surface area contributed by atoms with Crippen LogP contribution in [0.1, 0.15) is 15.9 Å². The number of amides is 2. The number of ether oxygens (including phenoxy) is 1. The molecule has 4 rings (SSSR count). The van der Waals surface area contributed by atoms with Gasteiger partial charge in [0, 0.05) is 50.5 Å². The third-order valence-electron chi connectivity index (χ3n) is 5.68. The summed E-state index contributed by atoms with van der Waals surface area (Å²) in [6.45, 7) is 5.23. The van der Waals surface area contributed by atoms with Gasteiger partial charge in [-0.05, 0) is 42.0 Å². The summed E-state index contributed by atoms with van der Waals surface area (Å²) < 4.78 is 18.4. The Balaban J connectivity index is 1.29. The van der Waals surface area contributed by atoms with Gasteiger partial charge in [0.15, 0.2) is 0 Å². The highest BCUT2D eigenvalue weighted by Gasteiger charge is 2.25. The van der Waals surface area contributed by atoms with Gasteiger partial charge < -0.3 is 19.4 Å². The van der Waals surface area contributed by atoms with Gasteiger partial charge in [0.1, 0.15) is 5.82 Å². The summed E-state index contributed by atoms with van der Waals surface area (Å²) in [7, 11) is 0. The maximum absolute atomic E-state index is 13.0. The standard InChI is InChI=1S/C23H26FN3O3/c24-20-5-1-18(2-6-20)17-22(28)26-9-11-27(12-10-26)23(29)19-3-7-21(8-4-19)25-13-15-30-16-14-25/h1-8H,9-17H2. The third kappa shape index (κ3) is 4.79. The Labute approximate surface area is 175 Å². The third-order valence-corrected chi connectivity index (χ3v) is 5.68. The second-order valence-corrected chi connectivity index (χ2v) is 7.62. The number of rotatable bonds is 4. The number of piperazine rings is 1. The largest absolute Gasteiger partial charge is 0.378 e. The number of nitrogens with zero attached hydrogens (tertiary/aromatic N) is 3. The fraction of sp³-hybridized carbons (Fsp3) is 0.391. The summed E-state index contributed by atoms with van der Waals surface area (Å²) in [5, 5.41) is 0. The Morgan fingerprint density at radius 3 is 2.03 bits per heavy atom. The fourth-order valence-electron chi connectivity index (χ4n) is 3.87. The summed E-state index contributed by atoms with van der Waals surface area (Å²) in [5.74, 6) is -0.311. The smallest absolute Gasteiger partial charge is 0.253 e. The van der Waals surface area contributed by atoms with E-state index < -0.39 is 0 Å². The van der Waals surface area contributed by atoms with Crippen molar-refractivity contribution in [2.45, 2.75) is 6.42 Å². The molecule has 0 radical (unpaired) electrons. The van der Waals surface area contributed by atoms with Crippen molar-refractivity contribution in [1.82, 2.24) is 9.80 Å². The average Bonchev–Trinajstić information content (AvgIpc) is 2.81. The monoisotopic (exact) mass is 411 g/mol. The highest BCUT2D eigenvalue weighted by atomic mass is 19.1. The van der Waals surface area contributed by atoms with E-state index >= 15 is 0 Å². The zero-order chi connectivity index (χ0) is 20.9. The molecule has 2 amide bonds. The maximum Gasteiger partial charge on any atom is 0.253 e. The van der Waals surface area contributed by atoms with Crippen molar-refractivity contribution >= 4 is 17.5 Å². The first-order chi connectivity index (χ1) is 14.6. The van der Waals surface area contributed by atoms with Crippen LogP contribution < -0.4 is 4.90 Å². The van der Waals surface area contributed by atoms with E-state index in [4.69, 9.17) is 4.74 Å². The fourth-order valence-corrected chi connectivity index (χ4v) is 3.87. The number of hydrogen-bond donors (Lipinski definition) is 0. The van der Waals surface area contributed by atoms with Gasteiger partial charge in [0.05, 0.1) is 19.6 Å². The first kappa shape index (κ1) is 20.3. The van der Waals surface area contributed by atoms with Crippen molar-refractivity contribution in [3.8, 4) is 0 Å². The van der Waals surface area contributed by atoms with Crippen LogP contribution in [0.15, 0.2) is 48.5 Å². The second-order valence-electron chi connectivity index (χ2n) is 7.62. The van der Waals surface area contributed by atoms with E-state index in [1.54, 1.807) is 21.9 Å². The lowest BCUT2D eigenvalue weighted by molar-refractivity contribution is -0.131. The summed E-state index contributed by atoms with van der Waals surface area (Å²) in [5.41, 5.74) is 2.56. The average molecular weight is 411 g/mol. The van der Waals surface area contributed by atoms with Gasteiger partial charge in [-0.1, -0.05) is 12.1 Å². The Hall–Kier alpha value is -2.93. The van der Waals surface area contributed by atoms with Crippen LogP contribution in [0.5, 0.6) is 0 Å². The van der Waals surface area contributed by atoms with Crippen molar-refractivity contribution in [3.05, 3.63) is 65.5 Å². The number of benzene rings is 2. The van der Waals surface area contributed by atoms with Crippen LogP contribution in [0.4, 0.5) is 10.1 Å². The van der Waals surface area contributed by atoms with E-state index in [1.165, 1.54) is 12.1 Å². The molecule has 6 nitrogen and oxygen atoms in total. The molecule has 2 aliphatic heterocycles. The topological polar surface area (TPSA) is 53.1 Å². The zero-order valence-corrected chi connectivity index (χ0v) is 16.9. The van der Waals surface area contributed by atoms with Crippen molar-refractivity contribution in [1.29, 1.82) is 0 Å². The zero-order valence-electron chi connectivity index (χ0n) is 16.9. The molecule has 2 saturated heterocycles. The van der Waals surface area contributed by atoms with Gasteiger partial charge >= 0.3 is 0 Å². The number of halogens is 1. The molecule has 30 heavy (non-hydrogen) atoms. The molecule has 0 aliphatic carbocycles. The van der Waals surface area contributed by atoms with E-state index in [0.29, 0.717) is 31.7 Å². The molecular formula is C23H26FN3O3. The predicted octanol–water partition coefficient (Wildman–Crippen LogP) is 2.19. The van der Waals surface area contributed by atoms with Crippen LogP contribution in [-0.2, 0) is 16.0 Å². The molecule has 0 aromatic heterocycles. The van der Waals surface area contributed by atoms with Crippen molar-refractivity contribution in [3.63, 3.8) is 0 Å². The highest BCUT2D eigenvalue weighted by Crippen LogP contribution is 2.18. The van der Waals surface area contributed by atoms with Crippen LogP contribution in [0.2, 0.25) is 0 Å². The Morgan fingerprint density at radius 2 is 1.40 bits per heavy atom. The van der Waals surface area contributed by atoms with E-state index in [-0.39, 0.29) is 24.1 Å². The van der Waals surface area contributed by atoms with Crippen LogP contribution in [0.3, 0.4) is 0 Å². The van der Waals surface area contributed by atoms with E-state index in [2.05, 4.69) is 4.90 Å². The van der Waals surface area contributed by atoms with Crippen LogP contribution >= 0.6 is 0 Å². The molecule has 2 aromatic rings. The lowest BCUT2D eigenvalue weighted by Crippen LogP contribution is -2.51. The first-order valence-electron chi connectivity index (χ1n) is 10.3. The molecule has 0 spiro atoms. The number of anilines is 1. The molecule has 2 aromatic carbocycles. The van der Waals surface area contributed by atoms with Gasteiger partial charge in [0.25, 0.3) is 5.91 Å². The summed E-state index contributed by atoms with van der Waals surface area (Å²) in [4.78, 5) is 31.2. The molecule has 158 valence electrons. The minimum atomic E-state index is -0.309. The maximum atomic E-state index is 13.0.